The van der Waals surface area contributed by atoms with Gasteiger partial charge in [-0.25, -0.2) is 0 Å². The quantitative estimate of drug-likeness (QED) is 0.432. The van der Waals surface area contributed by atoms with Crippen LogP contribution in [0.4, 0.5) is 5.69 Å². The van der Waals surface area contributed by atoms with Gasteiger partial charge in [0.1, 0.15) is 5.75 Å². The molecule has 2 amide bonds. The molecule has 0 aromatic heterocycles. The van der Waals surface area contributed by atoms with Crippen LogP contribution in [0.15, 0.2) is 48.5 Å². The van der Waals surface area contributed by atoms with Gasteiger partial charge in [-0.3, -0.25) is 9.59 Å². The number of nitrogens with one attached hydrogen (secondary N) is 1. The number of nitrogens with zero attached hydrogens (tertiary/aromatic N) is 1. The Bertz CT molecular complexity index is 1380. The highest BCUT2D eigenvalue weighted by atomic mass is 35.5. The van der Waals surface area contributed by atoms with E-state index in [1.54, 1.807) is 61.5 Å². The van der Waals surface area contributed by atoms with E-state index in [0.29, 0.717) is 56.1 Å². The first kappa shape index (κ1) is 26.9. The van der Waals surface area contributed by atoms with Gasteiger partial charge < -0.3 is 33.9 Å². The van der Waals surface area contributed by atoms with E-state index in [1.165, 1.54) is 28.4 Å². The van der Waals surface area contributed by atoms with Crippen LogP contribution >= 0.6 is 11.6 Å². The lowest BCUT2D eigenvalue weighted by molar-refractivity contribution is -0.119. The van der Waals surface area contributed by atoms with Gasteiger partial charge in [0.2, 0.25) is 5.91 Å². The Morgan fingerprint density at radius 2 is 1.37 bits per heavy atom. The molecule has 1 aliphatic heterocycles. The van der Waals surface area contributed by atoms with Crippen molar-refractivity contribution in [1.82, 2.24) is 4.90 Å². The largest absolute Gasteiger partial charge is 0.495 e. The fourth-order valence-corrected chi connectivity index (χ4v) is 5.01. The van der Waals surface area contributed by atoms with Gasteiger partial charge in [0.15, 0.2) is 23.0 Å². The van der Waals surface area contributed by atoms with Crippen molar-refractivity contribution < 1.29 is 33.3 Å². The molecule has 0 fully saturated rings. The number of hydrogen-bond donors (Lipinski definition) is 1. The molecule has 9 nitrogen and oxygen atoms in total. The number of ether oxygens (including phenoxy) is 5. The highest BCUT2D eigenvalue weighted by Gasteiger charge is 2.44. The fraction of sp³-hybridized carbons (Fsp3) is 0.286. The molecule has 1 aliphatic rings. The average Bonchev–Trinajstić information content (AvgIpc) is 2.93. The molecular weight excluding hydrogens is 512 g/mol. The summed E-state index contributed by atoms with van der Waals surface area (Å²) in [4.78, 5) is 29.2. The molecule has 0 aliphatic carbocycles. The lowest BCUT2D eigenvalue weighted by Gasteiger charge is -2.40. The Balaban J connectivity index is 1.88. The number of carbonyl (C=O) groups is 2. The molecule has 4 rings (SSSR count). The molecule has 0 bridgehead atoms. The maximum Gasteiger partial charge on any atom is 0.254 e. The Morgan fingerprint density at radius 3 is 1.97 bits per heavy atom. The molecule has 0 saturated heterocycles. The van der Waals surface area contributed by atoms with Crippen LogP contribution in [-0.2, 0) is 4.79 Å². The van der Waals surface area contributed by atoms with Gasteiger partial charge in [0.25, 0.3) is 5.91 Å². The minimum Gasteiger partial charge on any atom is -0.495 e. The van der Waals surface area contributed by atoms with Crippen molar-refractivity contribution in [2.75, 3.05) is 47.9 Å². The molecule has 1 N–H and O–H groups in total. The number of methoxy groups -OCH3 is 5. The molecule has 1 heterocycles. The van der Waals surface area contributed by atoms with Gasteiger partial charge in [0.05, 0.1) is 52.5 Å². The van der Waals surface area contributed by atoms with Gasteiger partial charge in [-0.05, 0) is 53.6 Å². The fourth-order valence-electron chi connectivity index (χ4n) is 4.75. The third kappa shape index (κ3) is 4.77. The second-order valence-corrected chi connectivity index (χ2v) is 8.99. The molecule has 2 atom stereocenters. The SMILES string of the molecule is COc1ccc(NC(=O)[C@@H]2c3cc(OC)c(OC)cc3C(=O)N(C)[C@H]2c2ccc(OC)c(OC)c2)cc1Cl. The maximum absolute atomic E-state index is 14.0. The normalized spacial score (nSPS) is 16.4. The van der Waals surface area contributed by atoms with Crippen molar-refractivity contribution in [3.05, 3.63) is 70.2 Å². The van der Waals surface area contributed by atoms with Gasteiger partial charge in [0, 0.05) is 18.3 Å². The van der Waals surface area contributed by atoms with Crippen molar-refractivity contribution in [2.24, 2.45) is 0 Å². The number of fused-ring (bicyclic) bond motifs is 1. The van der Waals surface area contributed by atoms with E-state index in [-0.39, 0.29) is 11.8 Å². The molecule has 38 heavy (non-hydrogen) atoms. The summed E-state index contributed by atoms with van der Waals surface area (Å²) in [6.45, 7) is 0. The number of carbonyl (C=O) groups excluding carboxylic acids is 2. The maximum atomic E-state index is 14.0. The lowest BCUT2D eigenvalue weighted by atomic mass is 9.79. The van der Waals surface area contributed by atoms with Crippen LogP contribution in [0.3, 0.4) is 0 Å². The summed E-state index contributed by atoms with van der Waals surface area (Å²) in [5.74, 6) is 0.839. The number of hydrogen-bond acceptors (Lipinski definition) is 7. The predicted octanol–water partition coefficient (Wildman–Crippen LogP) is 4.93. The van der Waals surface area contributed by atoms with Crippen molar-refractivity contribution in [3.8, 4) is 28.7 Å². The first-order chi connectivity index (χ1) is 18.3. The summed E-state index contributed by atoms with van der Waals surface area (Å²) in [7, 11) is 9.24. The van der Waals surface area contributed by atoms with Crippen LogP contribution in [0, 0.1) is 0 Å². The zero-order valence-electron chi connectivity index (χ0n) is 22.0. The Kier molecular flexibility index (Phi) is 7.87. The van der Waals surface area contributed by atoms with Crippen LogP contribution in [0.25, 0.3) is 0 Å². The first-order valence-electron chi connectivity index (χ1n) is 11.7. The van der Waals surface area contributed by atoms with E-state index < -0.39 is 12.0 Å². The summed E-state index contributed by atoms with van der Waals surface area (Å²) in [6, 6.07) is 12.9. The van der Waals surface area contributed by atoms with Gasteiger partial charge in [-0.15, -0.1) is 0 Å². The molecule has 0 saturated carbocycles. The smallest absolute Gasteiger partial charge is 0.254 e. The molecule has 0 radical (unpaired) electrons. The number of anilines is 1. The molecule has 3 aromatic carbocycles. The predicted molar refractivity (Wildman–Crippen MR) is 143 cm³/mol. The Hall–Kier alpha value is -4.11. The highest BCUT2D eigenvalue weighted by molar-refractivity contribution is 6.32. The van der Waals surface area contributed by atoms with Crippen molar-refractivity contribution in [2.45, 2.75) is 12.0 Å². The number of amides is 2. The Labute approximate surface area is 226 Å². The van der Waals surface area contributed by atoms with Crippen LogP contribution in [0.1, 0.15) is 33.4 Å². The van der Waals surface area contributed by atoms with Crippen molar-refractivity contribution in [3.63, 3.8) is 0 Å². The van der Waals surface area contributed by atoms with Gasteiger partial charge in [-0.1, -0.05) is 17.7 Å². The number of halogens is 1. The molecule has 3 aromatic rings. The van der Waals surface area contributed by atoms with E-state index in [0.717, 1.165) is 0 Å². The molecule has 200 valence electrons. The monoisotopic (exact) mass is 540 g/mol. The number of benzene rings is 3. The first-order valence-corrected chi connectivity index (χ1v) is 12.0. The van der Waals surface area contributed by atoms with Crippen LogP contribution in [0.2, 0.25) is 5.02 Å². The van der Waals surface area contributed by atoms with Crippen LogP contribution in [-0.4, -0.2) is 59.3 Å². The second-order valence-electron chi connectivity index (χ2n) is 8.59. The van der Waals surface area contributed by atoms with E-state index in [2.05, 4.69) is 5.32 Å². The van der Waals surface area contributed by atoms with Gasteiger partial charge >= 0.3 is 0 Å². The van der Waals surface area contributed by atoms with E-state index >= 15 is 0 Å². The van der Waals surface area contributed by atoms with Gasteiger partial charge in [-0.2, -0.15) is 0 Å². The zero-order valence-corrected chi connectivity index (χ0v) is 22.7. The molecule has 0 spiro atoms. The summed E-state index contributed by atoms with van der Waals surface area (Å²) >= 11 is 6.30. The molecular formula is C28H29ClN2O7. The second kappa shape index (κ2) is 11.1. The third-order valence-electron chi connectivity index (χ3n) is 6.63. The summed E-state index contributed by atoms with van der Waals surface area (Å²) in [6.07, 6.45) is 0. The molecule has 0 unspecified atom stereocenters. The minimum absolute atomic E-state index is 0.266. The molecule has 10 heteroatoms. The zero-order chi connectivity index (χ0) is 27.6. The average molecular weight is 541 g/mol. The Morgan fingerprint density at radius 1 is 0.789 bits per heavy atom. The van der Waals surface area contributed by atoms with Crippen molar-refractivity contribution in [1.29, 1.82) is 0 Å². The summed E-state index contributed by atoms with van der Waals surface area (Å²) in [5.41, 5.74) is 2.01. The van der Waals surface area contributed by atoms with Crippen LogP contribution in [0.5, 0.6) is 28.7 Å². The van der Waals surface area contributed by atoms with E-state index in [1.807, 2.05) is 6.07 Å². The standard InChI is InChI=1S/C28H29ClN2O7/c1-31-26(15-7-9-21(35-3)22(11-15)36-4)25(27(32)30-16-8-10-20(34-2)19(29)12-16)17-13-23(37-5)24(38-6)14-18(17)28(31)33/h7-14,25-26H,1-6H3,(H,30,32)/t25-,26+/m1/s1. The topological polar surface area (TPSA) is 95.6 Å². The minimum atomic E-state index is -0.827. The van der Waals surface area contributed by atoms with E-state index in [9.17, 15) is 9.59 Å². The van der Waals surface area contributed by atoms with Crippen molar-refractivity contribution >= 4 is 29.1 Å². The lowest BCUT2D eigenvalue weighted by Crippen LogP contribution is -2.44. The summed E-state index contributed by atoms with van der Waals surface area (Å²) < 4.78 is 27.0. The number of rotatable bonds is 8. The van der Waals surface area contributed by atoms with Crippen LogP contribution < -0.4 is 29.0 Å². The summed E-state index contributed by atoms with van der Waals surface area (Å²) in [5, 5.41) is 3.30. The third-order valence-corrected chi connectivity index (χ3v) is 6.92. The highest BCUT2D eigenvalue weighted by Crippen LogP contribution is 2.47. The van der Waals surface area contributed by atoms with E-state index in [4.69, 9.17) is 35.3 Å². The number of likely N-dealkylation sites (N-methyl/N-ethyl adjacent to an activating group) is 1.